The van der Waals surface area contributed by atoms with E-state index in [9.17, 15) is 23.1 Å². The molecule has 24 heavy (non-hydrogen) atoms. The summed E-state index contributed by atoms with van der Waals surface area (Å²) in [7, 11) is 0. The molecule has 0 bridgehead atoms. The number of β-amino-alcohol motifs (C(OH)–C–C–N with tert-alkyl or cyclic N) is 1. The van der Waals surface area contributed by atoms with Gasteiger partial charge in [-0.15, -0.1) is 11.3 Å². The number of rotatable bonds is 3. The number of aryl methyl sites for hydroxylation is 1. The molecular weight excluding hydrogens is 343 g/mol. The van der Waals surface area contributed by atoms with Gasteiger partial charge < -0.3 is 15.7 Å². The van der Waals surface area contributed by atoms with Gasteiger partial charge in [0.2, 0.25) is 0 Å². The van der Waals surface area contributed by atoms with Crippen LogP contribution in [0.1, 0.15) is 20.9 Å². The van der Waals surface area contributed by atoms with E-state index in [0.717, 1.165) is 17.4 Å². The zero-order chi connectivity index (χ0) is 17.5. The van der Waals surface area contributed by atoms with Crippen LogP contribution < -0.4 is 10.6 Å². The number of fused-ring (bicyclic) bond motifs is 1. The average Bonchev–Trinajstić information content (AvgIpc) is 3.07. The van der Waals surface area contributed by atoms with Crippen molar-refractivity contribution in [3.63, 3.8) is 0 Å². The lowest BCUT2D eigenvalue weighted by Crippen LogP contribution is -2.34. The summed E-state index contributed by atoms with van der Waals surface area (Å²) in [5.41, 5.74) is -0.359. The first-order chi connectivity index (χ1) is 11.3. The van der Waals surface area contributed by atoms with Crippen molar-refractivity contribution in [2.24, 2.45) is 5.92 Å². The van der Waals surface area contributed by atoms with Gasteiger partial charge in [0.15, 0.2) is 0 Å². The molecule has 9 heteroatoms. The SMILES string of the molecule is Cc1c(C(=O)NCC2CNCC2O)sc2nc(C(F)(F)F)ccc12. The predicted octanol–water partition coefficient (Wildman–Crippen LogP) is 1.93. The highest BCUT2D eigenvalue weighted by Gasteiger charge is 2.33. The van der Waals surface area contributed by atoms with Crippen LogP contribution in [-0.2, 0) is 6.18 Å². The number of hydrogen-bond acceptors (Lipinski definition) is 5. The van der Waals surface area contributed by atoms with Gasteiger partial charge >= 0.3 is 6.18 Å². The molecule has 3 rings (SSSR count). The second-order valence-corrected chi connectivity index (χ2v) is 6.80. The molecule has 1 fully saturated rings. The molecular formula is C15H16F3N3O2S. The normalized spacial score (nSPS) is 21.4. The van der Waals surface area contributed by atoms with Crippen LogP contribution in [0.4, 0.5) is 13.2 Å². The lowest BCUT2D eigenvalue weighted by molar-refractivity contribution is -0.140. The Hall–Kier alpha value is -1.71. The summed E-state index contributed by atoms with van der Waals surface area (Å²) < 4.78 is 38.2. The van der Waals surface area contributed by atoms with Crippen LogP contribution in [0.5, 0.6) is 0 Å². The third kappa shape index (κ3) is 3.24. The predicted molar refractivity (Wildman–Crippen MR) is 84.1 cm³/mol. The lowest BCUT2D eigenvalue weighted by Gasteiger charge is -2.13. The Labute approximate surface area is 139 Å². The molecule has 130 valence electrons. The molecule has 3 heterocycles. The molecule has 1 aliphatic rings. The van der Waals surface area contributed by atoms with Gasteiger partial charge in [-0.05, 0) is 24.6 Å². The molecule has 3 N–H and O–H groups in total. The first kappa shape index (κ1) is 17.1. The van der Waals surface area contributed by atoms with E-state index in [4.69, 9.17) is 0 Å². The zero-order valence-electron chi connectivity index (χ0n) is 12.8. The zero-order valence-corrected chi connectivity index (χ0v) is 13.6. The molecule has 2 atom stereocenters. The fourth-order valence-corrected chi connectivity index (χ4v) is 3.80. The highest BCUT2D eigenvalue weighted by molar-refractivity contribution is 7.20. The molecule has 2 unspecified atom stereocenters. The summed E-state index contributed by atoms with van der Waals surface area (Å²) in [5, 5.41) is 16.0. The van der Waals surface area contributed by atoms with Crippen LogP contribution in [0.2, 0.25) is 0 Å². The third-order valence-corrected chi connectivity index (χ3v) is 5.33. The first-order valence-electron chi connectivity index (χ1n) is 7.41. The minimum Gasteiger partial charge on any atom is -0.391 e. The summed E-state index contributed by atoms with van der Waals surface area (Å²) in [6.07, 6.45) is -5.02. The summed E-state index contributed by atoms with van der Waals surface area (Å²) >= 11 is 0.944. The fraction of sp³-hybridized carbons (Fsp3) is 0.467. The Bertz CT molecular complexity index is 775. The van der Waals surface area contributed by atoms with E-state index in [1.165, 1.54) is 6.07 Å². The number of aliphatic hydroxyl groups is 1. The molecule has 0 aromatic carbocycles. The van der Waals surface area contributed by atoms with Crippen molar-refractivity contribution < 1.29 is 23.1 Å². The molecule has 5 nitrogen and oxygen atoms in total. The van der Waals surface area contributed by atoms with Crippen LogP contribution in [0.3, 0.4) is 0 Å². The maximum absolute atomic E-state index is 12.7. The molecule has 1 aliphatic heterocycles. The Balaban J connectivity index is 1.81. The van der Waals surface area contributed by atoms with E-state index in [-0.39, 0.29) is 16.7 Å². The number of thiophene rings is 1. The van der Waals surface area contributed by atoms with Gasteiger partial charge in [-0.1, -0.05) is 0 Å². The summed E-state index contributed by atoms with van der Waals surface area (Å²) in [6, 6.07) is 2.27. The Morgan fingerprint density at radius 3 is 2.83 bits per heavy atom. The topological polar surface area (TPSA) is 74.2 Å². The minimum atomic E-state index is -4.51. The van der Waals surface area contributed by atoms with Gasteiger partial charge in [0.25, 0.3) is 5.91 Å². The second kappa shape index (κ2) is 6.30. The smallest absolute Gasteiger partial charge is 0.391 e. The first-order valence-corrected chi connectivity index (χ1v) is 8.23. The quantitative estimate of drug-likeness (QED) is 0.783. The molecule has 0 radical (unpaired) electrons. The Morgan fingerprint density at radius 2 is 2.21 bits per heavy atom. The van der Waals surface area contributed by atoms with E-state index < -0.39 is 18.0 Å². The van der Waals surface area contributed by atoms with Gasteiger partial charge in [0.1, 0.15) is 10.5 Å². The number of hydrogen-bond donors (Lipinski definition) is 3. The number of carbonyl (C=O) groups excluding carboxylic acids is 1. The number of aliphatic hydroxyl groups excluding tert-OH is 1. The second-order valence-electron chi connectivity index (χ2n) is 5.80. The number of aromatic nitrogens is 1. The van der Waals surface area contributed by atoms with Crippen LogP contribution in [-0.4, -0.2) is 41.7 Å². The number of nitrogens with zero attached hydrogens (tertiary/aromatic N) is 1. The molecule has 2 aromatic rings. The van der Waals surface area contributed by atoms with Crippen LogP contribution in [0, 0.1) is 12.8 Å². The van der Waals surface area contributed by atoms with Crippen molar-refractivity contribution in [3.8, 4) is 0 Å². The average molecular weight is 359 g/mol. The number of alkyl halides is 3. The van der Waals surface area contributed by atoms with Crippen molar-refractivity contribution in [1.29, 1.82) is 0 Å². The standard InChI is InChI=1S/C15H16F3N3O2S/c1-7-9-2-3-11(15(16,17)18)21-14(9)24-12(7)13(23)20-5-8-4-19-6-10(8)22/h2-3,8,10,19,22H,4-6H2,1H3,(H,20,23). The molecule has 1 saturated heterocycles. The maximum atomic E-state index is 12.7. The van der Waals surface area contributed by atoms with E-state index >= 15 is 0 Å². The van der Waals surface area contributed by atoms with E-state index in [0.29, 0.717) is 35.5 Å². The number of carbonyl (C=O) groups is 1. The monoisotopic (exact) mass is 359 g/mol. The molecule has 0 saturated carbocycles. The van der Waals surface area contributed by atoms with Gasteiger partial charge in [0, 0.05) is 30.9 Å². The van der Waals surface area contributed by atoms with E-state index in [1.54, 1.807) is 6.92 Å². The summed E-state index contributed by atoms with van der Waals surface area (Å²) in [5.74, 6) is -0.429. The molecule has 1 amide bonds. The van der Waals surface area contributed by atoms with Gasteiger partial charge in [-0.25, -0.2) is 4.98 Å². The van der Waals surface area contributed by atoms with Gasteiger partial charge in [0.05, 0.1) is 11.0 Å². The lowest BCUT2D eigenvalue weighted by atomic mass is 10.1. The highest BCUT2D eigenvalue weighted by Crippen LogP contribution is 2.34. The molecule has 0 spiro atoms. The van der Waals surface area contributed by atoms with Gasteiger partial charge in [-0.3, -0.25) is 4.79 Å². The van der Waals surface area contributed by atoms with E-state index in [1.807, 2.05) is 0 Å². The van der Waals surface area contributed by atoms with Crippen molar-refractivity contribution in [3.05, 3.63) is 28.3 Å². The summed E-state index contributed by atoms with van der Waals surface area (Å²) in [4.78, 5) is 16.5. The van der Waals surface area contributed by atoms with Crippen molar-refractivity contribution >= 4 is 27.5 Å². The van der Waals surface area contributed by atoms with Crippen molar-refractivity contribution in [2.75, 3.05) is 19.6 Å². The highest BCUT2D eigenvalue weighted by atomic mass is 32.1. The summed E-state index contributed by atoms with van der Waals surface area (Å²) in [6.45, 7) is 3.10. The largest absolute Gasteiger partial charge is 0.433 e. The number of nitrogens with one attached hydrogen (secondary N) is 2. The van der Waals surface area contributed by atoms with Crippen molar-refractivity contribution in [1.82, 2.24) is 15.6 Å². The third-order valence-electron chi connectivity index (χ3n) is 4.13. The minimum absolute atomic E-state index is 0.0707. The van der Waals surface area contributed by atoms with Gasteiger partial charge in [-0.2, -0.15) is 13.2 Å². The fourth-order valence-electron chi connectivity index (χ4n) is 2.71. The number of amides is 1. The Morgan fingerprint density at radius 1 is 1.46 bits per heavy atom. The van der Waals surface area contributed by atoms with Crippen LogP contribution in [0.15, 0.2) is 12.1 Å². The number of halogens is 3. The molecule has 2 aromatic heterocycles. The van der Waals surface area contributed by atoms with Crippen LogP contribution in [0.25, 0.3) is 10.2 Å². The Kier molecular flexibility index (Phi) is 4.50. The van der Waals surface area contributed by atoms with Crippen molar-refractivity contribution in [2.45, 2.75) is 19.2 Å². The molecule has 0 aliphatic carbocycles. The van der Waals surface area contributed by atoms with E-state index in [2.05, 4.69) is 15.6 Å². The maximum Gasteiger partial charge on any atom is 0.433 e. The number of pyridine rings is 1. The van der Waals surface area contributed by atoms with Crippen LogP contribution >= 0.6 is 11.3 Å².